The van der Waals surface area contributed by atoms with Gasteiger partial charge in [0, 0.05) is 0 Å². The molecule has 0 heterocycles. The van der Waals surface area contributed by atoms with Gasteiger partial charge >= 0.3 is 0 Å². The molecule has 1 aromatic carbocycles. The molecule has 0 radical (unpaired) electrons. The van der Waals surface area contributed by atoms with Crippen LogP contribution in [0, 0.1) is 23.6 Å². The molecular formula is C23H35FO. The summed E-state index contributed by atoms with van der Waals surface area (Å²) in [4.78, 5) is 0. The van der Waals surface area contributed by atoms with Gasteiger partial charge < -0.3 is 5.11 Å². The van der Waals surface area contributed by atoms with Gasteiger partial charge in [-0.2, -0.15) is 0 Å². The molecule has 1 nitrogen and oxygen atoms in total. The van der Waals surface area contributed by atoms with Gasteiger partial charge in [-0.15, -0.1) is 0 Å². The Morgan fingerprint density at radius 1 is 0.880 bits per heavy atom. The Hall–Kier alpha value is -0.890. The van der Waals surface area contributed by atoms with Crippen LogP contribution in [0.4, 0.5) is 4.39 Å². The van der Waals surface area contributed by atoms with Crippen LogP contribution in [0.3, 0.4) is 0 Å². The van der Waals surface area contributed by atoms with Crippen molar-refractivity contribution in [1.29, 1.82) is 0 Å². The average Bonchev–Trinajstić information content (AvgIpc) is 2.63. The van der Waals surface area contributed by atoms with Crippen molar-refractivity contribution in [3.63, 3.8) is 0 Å². The molecule has 1 aromatic rings. The molecule has 0 spiro atoms. The molecule has 0 aliphatic heterocycles. The first-order chi connectivity index (χ1) is 12.2. The number of aliphatic hydroxyl groups is 1. The predicted molar refractivity (Wildman–Crippen MR) is 102 cm³/mol. The number of aliphatic hydroxyl groups excluding tert-OH is 1. The summed E-state index contributed by atoms with van der Waals surface area (Å²) < 4.78 is 13.1. The van der Waals surface area contributed by atoms with Gasteiger partial charge in [-0.05, 0) is 67.1 Å². The van der Waals surface area contributed by atoms with E-state index in [-0.39, 0.29) is 11.9 Å². The fraction of sp³-hybridized carbons (Fsp3) is 0.739. The monoisotopic (exact) mass is 346 g/mol. The summed E-state index contributed by atoms with van der Waals surface area (Å²) in [6.45, 7) is 2.30. The number of halogens is 1. The average molecular weight is 347 g/mol. The molecule has 0 aromatic heterocycles. The molecule has 1 unspecified atom stereocenters. The first-order valence-electron chi connectivity index (χ1n) is 10.6. The van der Waals surface area contributed by atoms with E-state index >= 15 is 0 Å². The Bertz CT molecular complexity index is 503. The normalized spacial score (nSPS) is 33.3. The van der Waals surface area contributed by atoms with Crippen molar-refractivity contribution in [2.45, 2.75) is 89.6 Å². The molecule has 25 heavy (non-hydrogen) atoms. The fourth-order valence-electron chi connectivity index (χ4n) is 5.25. The minimum Gasteiger partial charge on any atom is -0.393 e. The largest absolute Gasteiger partial charge is 0.393 e. The minimum atomic E-state index is -0.180. The van der Waals surface area contributed by atoms with E-state index in [1.165, 1.54) is 56.9 Å². The van der Waals surface area contributed by atoms with Crippen molar-refractivity contribution in [3.8, 4) is 0 Å². The second-order valence-corrected chi connectivity index (χ2v) is 8.64. The van der Waals surface area contributed by atoms with Gasteiger partial charge in [0.05, 0.1) is 6.10 Å². The fourth-order valence-corrected chi connectivity index (χ4v) is 5.25. The number of rotatable bonds is 6. The zero-order chi connectivity index (χ0) is 17.6. The van der Waals surface area contributed by atoms with E-state index in [2.05, 4.69) is 6.92 Å². The molecule has 0 bridgehead atoms. The highest BCUT2D eigenvalue weighted by atomic mass is 19.1. The Morgan fingerprint density at radius 3 is 2.12 bits per heavy atom. The van der Waals surface area contributed by atoms with Crippen molar-refractivity contribution >= 4 is 0 Å². The third-order valence-corrected chi connectivity index (χ3v) is 6.91. The van der Waals surface area contributed by atoms with Crippen LogP contribution in [-0.2, 0) is 0 Å². The van der Waals surface area contributed by atoms with E-state index in [0.717, 1.165) is 31.1 Å². The zero-order valence-electron chi connectivity index (χ0n) is 15.8. The second-order valence-electron chi connectivity index (χ2n) is 8.64. The summed E-state index contributed by atoms with van der Waals surface area (Å²) in [7, 11) is 0. The topological polar surface area (TPSA) is 20.2 Å². The number of hydrogen-bond donors (Lipinski definition) is 1. The first-order valence-corrected chi connectivity index (χ1v) is 10.6. The highest BCUT2D eigenvalue weighted by molar-refractivity contribution is 5.21. The van der Waals surface area contributed by atoms with Crippen LogP contribution in [0.1, 0.15) is 89.0 Å². The van der Waals surface area contributed by atoms with Gasteiger partial charge in [-0.3, -0.25) is 0 Å². The molecule has 3 rings (SSSR count). The van der Waals surface area contributed by atoms with Gasteiger partial charge in [0.1, 0.15) is 5.82 Å². The molecule has 140 valence electrons. The van der Waals surface area contributed by atoms with E-state index in [0.29, 0.717) is 11.8 Å². The summed E-state index contributed by atoms with van der Waals surface area (Å²) in [5.41, 5.74) is 1.19. The summed E-state index contributed by atoms with van der Waals surface area (Å²) >= 11 is 0. The first kappa shape index (κ1) is 18.9. The quantitative estimate of drug-likeness (QED) is 0.627. The molecule has 1 N–H and O–H groups in total. The molecule has 2 aliphatic carbocycles. The zero-order valence-corrected chi connectivity index (χ0v) is 15.8. The maximum Gasteiger partial charge on any atom is 0.123 e. The van der Waals surface area contributed by atoms with Crippen LogP contribution in [-0.4, -0.2) is 11.2 Å². The Balaban J connectivity index is 1.41. The van der Waals surface area contributed by atoms with Crippen LogP contribution in [0.15, 0.2) is 24.3 Å². The summed E-state index contributed by atoms with van der Waals surface area (Å²) in [5, 5.41) is 10.6. The third kappa shape index (κ3) is 5.29. The second kappa shape index (κ2) is 9.16. The molecule has 2 heteroatoms. The van der Waals surface area contributed by atoms with Gasteiger partial charge in [0.2, 0.25) is 0 Å². The van der Waals surface area contributed by atoms with Crippen molar-refractivity contribution in [2.75, 3.05) is 0 Å². The molecule has 2 fully saturated rings. The Kier molecular flexibility index (Phi) is 6.92. The smallest absolute Gasteiger partial charge is 0.123 e. The highest BCUT2D eigenvalue weighted by Crippen LogP contribution is 2.40. The maximum atomic E-state index is 13.1. The summed E-state index contributed by atoms with van der Waals surface area (Å²) in [6.07, 6.45) is 13.8. The third-order valence-electron chi connectivity index (χ3n) is 6.91. The lowest BCUT2D eigenvalue weighted by Gasteiger charge is -2.35. The van der Waals surface area contributed by atoms with Gasteiger partial charge in [-0.1, -0.05) is 64.0 Å². The molecule has 3 atom stereocenters. The minimum absolute atomic E-state index is 0.174. The molecule has 0 saturated heterocycles. The number of hydrogen-bond acceptors (Lipinski definition) is 1. The standard InChI is InChI=1S/C23H35FO/c1-2-3-17-4-6-18(7-5-17)8-9-20-10-11-21(16-23(20)25)19-12-14-22(24)15-13-19/h12-15,17-18,20-21,23,25H,2-11,16H2,1H3/t17-,18-,20-,21?,23-/m1/s1. The molecule has 0 amide bonds. The van der Waals surface area contributed by atoms with Crippen LogP contribution in [0.2, 0.25) is 0 Å². The van der Waals surface area contributed by atoms with Gasteiger partial charge in [0.15, 0.2) is 0 Å². The van der Waals surface area contributed by atoms with Crippen LogP contribution in [0.25, 0.3) is 0 Å². The van der Waals surface area contributed by atoms with E-state index < -0.39 is 0 Å². The predicted octanol–water partition coefficient (Wildman–Crippen LogP) is 6.46. The molecule has 2 saturated carbocycles. The van der Waals surface area contributed by atoms with Crippen LogP contribution < -0.4 is 0 Å². The van der Waals surface area contributed by atoms with Crippen molar-refractivity contribution in [2.24, 2.45) is 17.8 Å². The maximum absolute atomic E-state index is 13.1. The van der Waals surface area contributed by atoms with Crippen molar-refractivity contribution in [3.05, 3.63) is 35.6 Å². The van der Waals surface area contributed by atoms with E-state index in [4.69, 9.17) is 0 Å². The lowest BCUT2D eigenvalue weighted by Crippen LogP contribution is -2.29. The number of benzene rings is 1. The summed E-state index contributed by atoms with van der Waals surface area (Å²) in [6, 6.07) is 6.87. The van der Waals surface area contributed by atoms with Gasteiger partial charge in [-0.25, -0.2) is 4.39 Å². The molecule has 2 aliphatic rings. The SMILES string of the molecule is CCC[C@H]1CC[C@H](CC[C@@H]2CCC(c3ccc(F)cc3)C[C@H]2O)CC1. The molecular weight excluding hydrogens is 311 g/mol. The lowest BCUT2D eigenvalue weighted by atomic mass is 9.73. The lowest BCUT2D eigenvalue weighted by molar-refractivity contribution is 0.0510. The van der Waals surface area contributed by atoms with E-state index in [1.807, 2.05) is 12.1 Å². The highest BCUT2D eigenvalue weighted by Gasteiger charge is 2.30. The Labute approximate surface area is 153 Å². The summed E-state index contributed by atoms with van der Waals surface area (Å²) in [5.74, 6) is 2.58. The van der Waals surface area contributed by atoms with Crippen LogP contribution in [0.5, 0.6) is 0 Å². The van der Waals surface area contributed by atoms with Crippen LogP contribution >= 0.6 is 0 Å². The van der Waals surface area contributed by atoms with Gasteiger partial charge in [0.25, 0.3) is 0 Å². The van der Waals surface area contributed by atoms with E-state index in [9.17, 15) is 9.50 Å². The van der Waals surface area contributed by atoms with Crippen molar-refractivity contribution in [1.82, 2.24) is 0 Å². The van der Waals surface area contributed by atoms with E-state index in [1.54, 1.807) is 12.1 Å². The van der Waals surface area contributed by atoms with Crippen molar-refractivity contribution < 1.29 is 9.50 Å². The Morgan fingerprint density at radius 2 is 1.52 bits per heavy atom.